The lowest BCUT2D eigenvalue weighted by atomic mass is 9.94. The first kappa shape index (κ1) is 10.9. The normalized spacial score (nSPS) is 10.5. The molecule has 2 rings (SSSR count). The minimum atomic E-state index is 1.19. The lowest BCUT2D eigenvalue weighted by molar-refractivity contribution is 1.34. The summed E-state index contributed by atoms with van der Waals surface area (Å²) < 4.78 is 0. The molecular weight excluding hydrogens is 192 g/mol. The van der Waals surface area contributed by atoms with Gasteiger partial charge in [0.25, 0.3) is 0 Å². The van der Waals surface area contributed by atoms with E-state index in [1.807, 2.05) is 0 Å². The molecule has 0 heteroatoms. The van der Waals surface area contributed by atoms with E-state index in [0.29, 0.717) is 0 Å². The topological polar surface area (TPSA) is 0 Å². The predicted octanol–water partition coefficient (Wildman–Crippen LogP) is 4.39. The Hall–Kier alpha value is -1.56. The molecule has 16 heavy (non-hydrogen) atoms. The highest BCUT2D eigenvalue weighted by molar-refractivity contribution is 5.71. The molecule has 0 aliphatic carbocycles. The summed E-state index contributed by atoms with van der Waals surface area (Å²) >= 11 is 0. The zero-order valence-electron chi connectivity index (χ0n) is 10.4. The molecule has 0 bridgehead atoms. The molecular formula is C16H17. The number of hydrogen-bond acceptors (Lipinski definition) is 0. The molecule has 0 nitrogen and oxygen atoms in total. The van der Waals surface area contributed by atoms with Crippen LogP contribution in [0.2, 0.25) is 0 Å². The molecule has 81 valence electrons. The van der Waals surface area contributed by atoms with E-state index in [4.69, 9.17) is 0 Å². The van der Waals surface area contributed by atoms with Crippen LogP contribution in [0.5, 0.6) is 0 Å². The van der Waals surface area contributed by atoms with Crippen molar-refractivity contribution in [3.63, 3.8) is 0 Å². The van der Waals surface area contributed by atoms with Crippen molar-refractivity contribution in [2.24, 2.45) is 0 Å². The second-order valence-electron chi connectivity index (χ2n) is 4.53. The van der Waals surface area contributed by atoms with E-state index in [2.05, 4.69) is 64.1 Å². The van der Waals surface area contributed by atoms with Crippen LogP contribution < -0.4 is 0 Å². The fraction of sp³-hybridized carbons (Fsp3) is 0.250. The van der Waals surface area contributed by atoms with Crippen molar-refractivity contribution in [2.75, 3.05) is 0 Å². The minimum absolute atomic E-state index is 1.19. The average molecular weight is 209 g/mol. The Morgan fingerprint density at radius 3 is 2.25 bits per heavy atom. The zero-order valence-corrected chi connectivity index (χ0v) is 10.4. The SMILES string of the molecule is Cc1[c]cc(C)c(-c2ccc(C)cc2C)c1. The first-order valence-electron chi connectivity index (χ1n) is 5.64. The Kier molecular flexibility index (Phi) is 2.82. The standard InChI is InChI=1S/C16H17/c1-11-6-8-15(14(4)9-11)16-10-12(2)5-7-13(16)3/h6-10H,1-4H3. The fourth-order valence-electron chi connectivity index (χ4n) is 2.08. The maximum atomic E-state index is 3.24. The molecule has 0 aromatic heterocycles. The monoisotopic (exact) mass is 209 g/mol. The van der Waals surface area contributed by atoms with Crippen LogP contribution in [0.25, 0.3) is 11.1 Å². The van der Waals surface area contributed by atoms with E-state index < -0.39 is 0 Å². The van der Waals surface area contributed by atoms with Gasteiger partial charge in [0.2, 0.25) is 0 Å². The number of rotatable bonds is 1. The van der Waals surface area contributed by atoms with Crippen molar-refractivity contribution in [1.29, 1.82) is 0 Å². The van der Waals surface area contributed by atoms with Gasteiger partial charge in [0.05, 0.1) is 0 Å². The van der Waals surface area contributed by atoms with Crippen LogP contribution in [0.4, 0.5) is 0 Å². The predicted molar refractivity (Wildman–Crippen MR) is 69.7 cm³/mol. The molecule has 0 aliphatic heterocycles. The van der Waals surface area contributed by atoms with Crippen LogP contribution in [-0.4, -0.2) is 0 Å². The van der Waals surface area contributed by atoms with Gasteiger partial charge >= 0.3 is 0 Å². The molecule has 1 radical (unpaired) electrons. The van der Waals surface area contributed by atoms with E-state index in [1.165, 1.54) is 33.4 Å². The molecule has 0 unspecified atom stereocenters. The van der Waals surface area contributed by atoms with E-state index >= 15 is 0 Å². The van der Waals surface area contributed by atoms with Gasteiger partial charge in [-0.15, -0.1) is 0 Å². The summed E-state index contributed by atoms with van der Waals surface area (Å²) in [6, 6.07) is 14.2. The molecule has 0 amide bonds. The second kappa shape index (κ2) is 4.13. The first-order chi connectivity index (χ1) is 7.58. The minimum Gasteiger partial charge on any atom is -0.0587 e. The highest BCUT2D eigenvalue weighted by Crippen LogP contribution is 2.27. The van der Waals surface area contributed by atoms with Gasteiger partial charge < -0.3 is 0 Å². The molecule has 0 spiro atoms. The van der Waals surface area contributed by atoms with Gasteiger partial charge in [-0.3, -0.25) is 0 Å². The summed E-state index contributed by atoms with van der Waals surface area (Å²) in [4.78, 5) is 0. The molecule has 2 aromatic rings. The Balaban J connectivity index is 2.62. The van der Waals surface area contributed by atoms with Crippen molar-refractivity contribution >= 4 is 0 Å². The molecule has 0 aliphatic rings. The average Bonchev–Trinajstić information content (AvgIpc) is 2.22. The summed E-state index contributed by atoms with van der Waals surface area (Å²) in [5, 5.41) is 0. The van der Waals surface area contributed by atoms with Gasteiger partial charge in [0, 0.05) is 0 Å². The Morgan fingerprint density at radius 2 is 1.56 bits per heavy atom. The van der Waals surface area contributed by atoms with Crippen molar-refractivity contribution in [1.82, 2.24) is 0 Å². The smallest absolute Gasteiger partial charge is 0.0149 e. The molecule has 0 fully saturated rings. The highest BCUT2D eigenvalue weighted by atomic mass is 14.1. The molecule has 2 aromatic carbocycles. The van der Waals surface area contributed by atoms with Crippen LogP contribution >= 0.6 is 0 Å². The summed E-state index contributed by atoms with van der Waals surface area (Å²) in [7, 11) is 0. The maximum absolute atomic E-state index is 3.24. The Labute approximate surface area is 97.9 Å². The quantitative estimate of drug-likeness (QED) is 0.653. The molecule has 0 atom stereocenters. The van der Waals surface area contributed by atoms with Crippen LogP contribution in [0.1, 0.15) is 22.3 Å². The third kappa shape index (κ3) is 2.01. The Morgan fingerprint density at radius 1 is 0.812 bits per heavy atom. The van der Waals surface area contributed by atoms with Gasteiger partial charge in [0.1, 0.15) is 0 Å². The van der Waals surface area contributed by atoms with Crippen molar-refractivity contribution in [2.45, 2.75) is 27.7 Å². The molecule has 0 saturated carbocycles. The lowest BCUT2D eigenvalue weighted by Crippen LogP contribution is -1.89. The highest BCUT2D eigenvalue weighted by Gasteiger charge is 2.05. The maximum Gasteiger partial charge on any atom is -0.0149 e. The van der Waals surface area contributed by atoms with E-state index in [1.54, 1.807) is 0 Å². The number of benzene rings is 2. The van der Waals surface area contributed by atoms with Crippen LogP contribution in [0, 0.1) is 33.8 Å². The first-order valence-corrected chi connectivity index (χ1v) is 5.64. The largest absolute Gasteiger partial charge is 0.0587 e. The van der Waals surface area contributed by atoms with Crippen molar-refractivity contribution in [3.8, 4) is 11.1 Å². The second-order valence-corrected chi connectivity index (χ2v) is 4.53. The van der Waals surface area contributed by atoms with E-state index in [9.17, 15) is 0 Å². The van der Waals surface area contributed by atoms with E-state index in [-0.39, 0.29) is 0 Å². The summed E-state index contributed by atoms with van der Waals surface area (Å²) in [6.07, 6.45) is 0. The van der Waals surface area contributed by atoms with Gasteiger partial charge in [0.15, 0.2) is 0 Å². The van der Waals surface area contributed by atoms with Crippen molar-refractivity contribution in [3.05, 3.63) is 58.7 Å². The van der Waals surface area contributed by atoms with Gasteiger partial charge in [-0.1, -0.05) is 35.9 Å². The third-order valence-electron chi connectivity index (χ3n) is 2.97. The van der Waals surface area contributed by atoms with E-state index in [0.717, 1.165) is 0 Å². The van der Waals surface area contributed by atoms with Gasteiger partial charge in [-0.25, -0.2) is 0 Å². The van der Waals surface area contributed by atoms with Gasteiger partial charge in [-0.2, -0.15) is 0 Å². The molecule has 0 saturated heterocycles. The molecule has 0 N–H and O–H groups in total. The lowest BCUT2D eigenvalue weighted by Gasteiger charge is -2.11. The van der Waals surface area contributed by atoms with Crippen LogP contribution in [0.15, 0.2) is 30.3 Å². The summed E-state index contributed by atoms with van der Waals surface area (Å²) in [6.45, 7) is 8.54. The molecule has 0 heterocycles. The summed E-state index contributed by atoms with van der Waals surface area (Å²) in [5.41, 5.74) is 7.80. The third-order valence-corrected chi connectivity index (χ3v) is 2.97. The van der Waals surface area contributed by atoms with Crippen molar-refractivity contribution < 1.29 is 0 Å². The van der Waals surface area contributed by atoms with Crippen LogP contribution in [-0.2, 0) is 0 Å². The van der Waals surface area contributed by atoms with Crippen LogP contribution in [0.3, 0.4) is 0 Å². The zero-order chi connectivity index (χ0) is 11.7. The Bertz CT molecular complexity index is 522. The number of hydrogen-bond donors (Lipinski definition) is 0. The number of aryl methyl sites for hydroxylation is 4. The van der Waals surface area contributed by atoms with Gasteiger partial charge in [-0.05, 0) is 61.6 Å². The fourth-order valence-corrected chi connectivity index (χ4v) is 2.08. The summed E-state index contributed by atoms with van der Waals surface area (Å²) in [5.74, 6) is 0.